The molecule has 1 fully saturated rings. The maximum atomic E-state index is 12.3. The highest BCUT2D eigenvalue weighted by molar-refractivity contribution is 5.90. The van der Waals surface area contributed by atoms with Gasteiger partial charge in [-0.3, -0.25) is 14.7 Å². The van der Waals surface area contributed by atoms with Gasteiger partial charge in [-0.2, -0.15) is 0 Å². The maximum absolute atomic E-state index is 12.3. The van der Waals surface area contributed by atoms with Crippen LogP contribution in [0.15, 0.2) is 0 Å². The topological polar surface area (TPSA) is 99.2 Å². The molecule has 0 spiro atoms. The minimum absolute atomic E-state index is 0.156. The minimum Gasteiger partial charge on any atom is -0.481 e. The van der Waals surface area contributed by atoms with Gasteiger partial charge < -0.3 is 10.0 Å². The zero-order valence-corrected chi connectivity index (χ0v) is 12.0. The van der Waals surface area contributed by atoms with Crippen molar-refractivity contribution in [3.05, 3.63) is 11.6 Å². The molecule has 2 heterocycles. The van der Waals surface area contributed by atoms with Crippen LogP contribution < -0.4 is 0 Å². The molecule has 2 N–H and O–H groups in total. The van der Waals surface area contributed by atoms with Crippen LogP contribution in [0.3, 0.4) is 0 Å². The standard InChI is InChI=1S/C13H20N4O3/c1-13(2,3)12-14-9(15-16-12)10(18)17-6-4-8(5-7-17)11(19)20/h8H,4-7H2,1-3H3,(H,19,20)(H,14,15,16). The lowest BCUT2D eigenvalue weighted by atomic mass is 9.96. The van der Waals surface area contributed by atoms with Gasteiger partial charge in [0.25, 0.3) is 5.91 Å². The average molecular weight is 280 g/mol. The Morgan fingerprint density at radius 2 is 1.90 bits per heavy atom. The Kier molecular flexibility index (Phi) is 3.78. The Morgan fingerprint density at radius 1 is 1.30 bits per heavy atom. The molecule has 7 heteroatoms. The summed E-state index contributed by atoms with van der Waals surface area (Å²) in [4.78, 5) is 29.0. The molecule has 110 valence electrons. The molecule has 1 aliphatic heterocycles. The quantitative estimate of drug-likeness (QED) is 0.843. The number of carboxylic acids is 1. The van der Waals surface area contributed by atoms with E-state index < -0.39 is 5.97 Å². The summed E-state index contributed by atoms with van der Waals surface area (Å²) < 4.78 is 0. The summed E-state index contributed by atoms with van der Waals surface area (Å²) >= 11 is 0. The van der Waals surface area contributed by atoms with E-state index in [2.05, 4.69) is 15.2 Å². The van der Waals surface area contributed by atoms with Crippen molar-refractivity contribution in [2.45, 2.75) is 39.0 Å². The summed E-state index contributed by atoms with van der Waals surface area (Å²) in [5, 5.41) is 15.7. The SMILES string of the molecule is CC(C)(C)c1nc(C(=O)N2CCC(C(=O)O)CC2)n[nH]1. The number of hydrogen-bond acceptors (Lipinski definition) is 4. The zero-order chi connectivity index (χ0) is 14.9. The zero-order valence-electron chi connectivity index (χ0n) is 12.0. The van der Waals surface area contributed by atoms with Gasteiger partial charge >= 0.3 is 5.97 Å². The fourth-order valence-electron chi connectivity index (χ4n) is 2.16. The third kappa shape index (κ3) is 2.97. The van der Waals surface area contributed by atoms with E-state index in [4.69, 9.17) is 5.11 Å². The van der Waals surface area contributed by atoms with Crippen LogP contribution in [0, 0.1) is 5.92 Å². The van der Waals surface area contributed by atoms with E-state index >= 15 is 0 Å². The summed E-state index contributed by atoms with van der Waals surface area (Å²) in [5.74, 6) is -0.549. The molecule has 0 saturated carbocycles. The lowest BCUT2D eigenvalue weighted by Gasteiger charge is -2.29. The first-order chi connectivity index (χ1) is 9.29. The van der Waals surface area contributed by atoms with Crippen LogP contribution in [-0.2, 0) is 10.2 Å². The van der Waals surface area contributed by atoms with E-state index in [1.807, 2.05) is 20.8 Å². The number of nitrogens with one attached hydrogen (secondary N) is 1. The summed E-state index contributed by atoms with van der Waals surface area (Å²) in [5.41, 5.74) is -0.193. The number of aliphatic carboxylic acids is 1. The van der Waals surface area contributed by atoms with Crippen molar-refractivity contribution in [2.75, 3.05) is 13.1 Å². The molecule has 7 nitrogen and oxygen atoms in total. The van der Waals surface area contributed by atoms with Crippen LogP contribution in [0.2, 0.25) is 0 Å². The van der Waals surface area contributed by atoms with Gasteiger partial charge in [0.1, 0.15) is 5.82 Å². The predicted molar refractivity (Wildman–Crippen MR) is 71.3 cm³/mol. The molecule has 1 aromatic heterocycles. The monoisotopic (exact) mass is 280 g/mol. The third-order valence-electron chi connectivity index (χ3n) is 3.52. The van der Waals surface area contributed by atoms with Crippen molar-refractivity contribution in [2.24, 2.45) is 5.92 Å². The number of carboxylic acid groups (broad SMARTS) is 1. The highest BCUT2D eigenvalue weighted by Crippen LogP contribution is 2.20. The van der Waals surface area contributed by atoms with Crippen molar-refractivity contribution < 1.29 is 14.7 Å². The van der Waals surface area contributed by atoms with E-state index in [0.717, 1.165) is 0 Å². The van der Waals surface area contributed by atoms with Crippen molar-refractivity contribution in [3.8, 4) is 0 Å². The van der Waals surface area contributed by atoms with Crippen molar-refractivity contribution in [1.29, 1.82) is 0 Å². The van der Waals surface area contributed by atoms with E-state index in [1.165, 1.54) is 0 Å². The van der Waals surface area contributed by atoms with Gasteiger partial charge in [-0.05, 0) is 12.8 Å². The smallest absolute Gasteiger partial charge is 0.306 e. The Balaban J connectivity index is 2.02. The van der Waals surface area contributed by atoms with Gasteiger partial charge in [0, 0.05) is 18.5 Å². The molecular formula is C13H20N4O3. The Labute approximate surface area is 117 Å². The van der Waals surface area contributed by atoms with Gasteiger partial charge in [-0.25, -0.2) is 4.98 Å². The Hall–Kier alpha value is -1.92. The molecule has 0 bridgehead atoms. The predicted octanol–water partition coefficient (Wildman–Crippen LogP) is 1.04. The van der Waals surface area contributed by atoms with E-state index in [1.54, 1.807) is 4.90 Å². The van der Waals surface area contributed by atoms with Gasteiger partial charge in [0.15, 0.2) is 0 Å². The second-order valence-corrected chi connectivity index (χ2v) is 6.16. The number of rotatable bonds is 2. The van der Waals surface area contributed by atoms with Crippen LogP contribution >= 0.6 is 0 Å². The van der Waals surface area contributed by atoms with E-state index in [-0.39, 0.29) is 23.1 Å². The fraction of sp³-hybridized carbons (Fsp3) is 0.692. The molecule has 0 aromatic carbocycles. The normalized spacial score (nSPS) is 17.2. The highest BCUT2D eigenvalue weighted by atomic mass is 16.4. The van der Waals surface area contributed by atoms with Crippen molar-refractivity contribution in [3.63, 3.8) is 0 Å². The molecule has 1 saturated heterocycles. The van der Waals surface area contributed by atoms with Gasteiger partial charge in [-0.15, -0.1) is 5.10 Å². The molecule has 0 atom stereocenters. The van der Waals surface area contributed by atoms with Crippen LogP contribution in [-0.4, -0.2) is 50.2 Å². The van der Waals surface area contributed by atoms with Crippen molar-refractivity contribution >= 4 is 11.9 Å². The average Bonchev–Trinajstić information content (AvgIpc) is 2.87. The molecule has 20 heavy (non-hydrogen) atoms. The number of nitrogens with zero attached hydrogens (tertiary/aromatic N) is 3. The van der Waals surface area contributed by atoms with E-state index in [9.17, 15) is 9.59 Å². The number of likely N-dealkylation sites (tertiary alicyclic amines) is 1. The number of carbonyl (C=O) groups is 2. The summed E-state index contributed by atoms with van der Waals surface area (Å²) in [6.45, 7) is 6.84. The number of carbonyl (C=O) groups excluding carboxylic acids is 1. The molecule has 1 aromatic rings. The first-order valence-corrected chi connectivity index (χ1v) is 6.74. The van der Waals surface area contributed by atoms with Crippen molar-refractivity contribution in [1.82, 2.24) is 20.1 Å². The van der Waals surface area contributed by atoms with Crippen LogP contribution in [0.1, 0.15) is 50.1 Å². The number of piperidine rings is 1. The highest BCUT2D eigenvalue weighted by Gasteiger charge is 2.30. The van der Waals surface area contributed by atoms with Gasteiger partial charge in [-0.1, -0.05) is 20.8 Å². The summed E-state index contributed by atoms with van der Waals surface area (Å²) in [7, 11) is 0. The van der Waals surface area contributed by atoms with Crippen LogP contribution in [0.25, 0.3) is 0 Å². The van der Waals surface area contributed by atoms with Gasteiger partial charge in [0.2, 0.25) is 5.82 Å². The van der Waals surface area contributed by atoms with Gasteiger partial charge in [0.05, 0.1) is 5.92 Å². The first kappa shape index (κ1) is 14.5. The lowest BCUT2D eigenvalue weighted by molar-refractivity contribution is -0.143. The largest absolute Gasteiger partial charge is 0.481 e. The maximum Gasteiger partial charge on any atom is 0.306 e. The molecule has 0 aliphatic carbocycles. The Bertz CT molecular complexity index is 510. The number of aromatic amines is 1. The molecule has 2 rings (SSSR count). The number of aromatic nitrogens is 3. The van der Waals surface area contributed by atoms with E-state index in [0.29, 0.717) is 31.8 Å². The fourth-order valence-corrected chi connectivity index (χ4v) is 2.16. The molecular weight excluding hydrogens is 260 g/mol. The molecule has 0 unspecified atom stereocenters. The minimum atomic E-state index is -0.787. The number of H-pyrrole nitrogens is 1. The van der Waals surface area contributed by atoms with Crippen LogP contribution in [0.5, 0.6) is 0 Å². The Morgan fingerprint density at radius 3 is 2.35 bits per heavy atom. The molecule has 1 aliphatic rings. The lowest BCUT2D eigenvalue weighted by Crippen LogP contribution is -2.40. The number of amides is 1. The number of hydrogen-bond donors (Lipinski definition) is 2. The molecule has 0 radical (unpaired) electrons. The third-order valence-corrected chi connectivity index (χ3v) is 3.52. The van der Waals surface area contributed by atoms with Crippen LogP contribution in [0.4, 0.5) is 0 Å². The molecule has 1 amide bonds. The second-order valence-electron chi connectivity index (χ2n) is 6.16. The first-order valence-electron chi connectivity index (χ1n) is 6.74. The summed E-state index contributed by atoms with van der Waals surface area (Å²) in [6.07, 6.45) is 0.968. The summed E-state index contributed by atoms with van der Waals surface area (Å²) in [6, 6.07) is 0. The second kappa shape index (κ2) is 5.22.